The molecule has 0 spiro atoms. The van der Waals surface area contributed by atoms with Crippen molar-refractivity contribution >= 4 is 17.1 Å². The summed E-state index contributed by atoms with van der Waals surface area (Å²) in [6.45, 7) is 1.23. The van der Waals surface area contributed by atoms with E-state index in [0.29, 0.717) is 18.2 Å². The molecule has 1 amide bonds. The van der Waals surface area contributed by atoms with Gasteiger partial charge in [0.15, 0.2) is 5.65 Å². The van der Waals surface area contributed by atoms with E-state index < -0.39 is 0 Å². The number of amides is 1. The Hall–Kier alpha value is -2.89. The van der Waals surface area contributed by atoms with Crippen molar-refractivity contribution in [2.24, 2.45) is 0 Å². The highest BCUT2D eigenvalue weighted by molar-refractivity contribution is 5.96. The van der Waals surface area contributed by atoms with E-state index in [0.717, 1.165) is 35.5 Å². The van der Waals surface area contributed by atoms with Gasteiger partial charge in [-0.15, -0.1) is 0 Å². The molecule has 0 bridgehead atoms. The number of fused-ring (bicyclic) bond motifs is 2. The van der Waals surface area contributed by atoms with Crippen molar-refractivity contribution in [1.82, 2.24) is 19.9 Å². The lowest BCUT2D eigenvalue weighted by atomic mass is 10.1. The van der Waals surface area contributed by atoms with Crippen LogP contribution in [0.5, 0.6) is 5.75 Å². The third kappa shape index (κ3) is 3.05. The fourth-order valence-electron chi connectivity index (χ4n) is 4.13. The summed E-state index contributed by atoms with van der Waals surface area (Å²) in [5.74, 6) is 0.828. The monoisotopic (exact) mass is 362 g/mol. The summed E-state index contributed by atoms with van der Waals surface area (Å²) < 4.78 is 7.69. The number of rotatable bonds is 4. The summed E-state index contributed by atoms with van der Waals surface area (Å²) in [5, 5.41) is 2.98. The van der Waals surface area contributed by atoms with Gasteiger partial charge in [-0.3, -0.25) is 4.79 Å². The van der Waals surface area contributed by atoms with Crippen molar-refractivity contribution in [1.29, 1.82) is 0 Å². The minimum atomic E-state index is -0.128. The molecule has 1 aliphatic carbocycles. The molecule has 1 fully saturated rings. The molecular weight excluding hydrogens is 340 g/mol. The number of hydrogen-bond acceptors (Lipinski definition) is 4. The number of benzene rings is 1. The quantitative estimate of drug-likeness (QED) is 0.772. The van der Waals surface area contributed by atoms with Gasteiger partial charge < -0.3 is 14.6 Å². The van der Waals surface area contributed by atoms with Crippen LogP contribution in [-0.4, -0.2) is 27.0 Å². The van der Waals surface area contributed by atoms with E-state index in [1.807, 2.05) is 24.5 Å². The summed E-state index contributed by atoms with van der Waals surface area (Å²) >= 11 is 0. The Balaban J connectivity index is 1.30. The van der Waals surface area contributed by atoms with Gasteiger partial charge in [0.25, 0.3) is 5.91 Å². The Kier molecular flexibility index (Phi) is 4.03. The lowest BCUT2D eigenvalue weighted by Crippen LogP contribution is -2.23. The van der Waals surface area contributed by atoms with Crippen LogP contribution in [0.25, 0.3) is 11.2 Å². The van der Waals surface area contributed by atoms with Crippen molar-refractivity contribution in [3.63, 3.8) is 0 Å². The lowest BCUT2D eigenvalue weighted by Gasteiger charge is -2.11. The maximum atomic E-state index is 12.5. The van der Waals surface area contributed by atoms with Crippen LogP contribution >= 0.6 is 0 Å². The molecule has 0 saturated heterocycles. The molecule has 1 aliphatic heterocycles. The van der Waals surface area contributed by atoms with E-state index in [2.05, 4.69) is 25.9 Å². The molecule has 138 valence electrons. The SMILES string of the molecule is O=C(NCc1ccc2c(c1)CCO2)c1cnc2c(c1)ncn2C1CCCC1. The van der Waals surface area contributed by atoms with Crippen LogP contribution in [0.1, 0.15) is 53.2 Å². The molecule has 6 nitrogen and oxygen atoms in total. The van der Waals surface area contributed by atoms with E-state index in [1.54, 1.807) is 6.20 Å². The molecule has 1 aromatic carbocycles. The average Bonchev–Trinajstić information content (AvgIpc) is 3.44. The predicted octanol–water partition coefficient (Wildman–Crippen LogP) is 3.41. The number of carbonyl (C=O) groups is 1. The summed E-state index contributed by atoms with van der Waals surface area (Å²) in [6.07, 6.45) is 9.34. The Bertz CT molecular complexity index is 1000. The number of pyridine rings is 1. The second kappa shape index (κ2) is 6.68. The van der Waals surface area contributed by atoms with Gasteiger partial charge in [-0.1, -0.05) is 25.0 Å². The van der Waals surface area contributed by atoms with E-state index >= 15 is 0 Å². The van der Waals surface area contributed by atoms with Gasteiger partial charge in [-0.25, -0.2) is 9.97 Å². The topological polar surface area (TPSA) is 69.0 Å². The molecule has 27 heavy (non-hydrogen) atoms. The highest BCUT2D eigenvalue weighted by Gasteiger charge is 2.20. The maximum Gasteiger partial charge on any atom is 0.253 e. The van der Waals surface area contributed by atoms with E-state index in [-0.39, 0.29) is 5.91 Å². The first-order valence-corrected chi connectivity index (χ1v) is 9.63. The van der Waals surface area contributed by atoms with Gasteiger partial charge in [-0.05, 0) is 36.1 Å². The number of nitrogens with zero attached hydrogens (tertiary/aromatic N) is 3. The summed E-state index contributed by atoms with van der Waals surface area (Å²) in [6, 6.07) is 8.40. The predicted molar refractivity (Wildman–Crippen MR) is 102 cm³/mol. The van der Waals surface area contributed by atoms with E-state index in [4.69, 9.17) is 4.74 Å². The number of hydrogen-bond donors (Lipinski definition) is 1. The van der Waals surface area contributed by atoms with Gasteiger partial charge in [0.1, 0.15) is 11.3 Å². The first kappa shape index (κ1) is 16.3. The average molecular weight is 362 g/mol. The zero-order chi connectivity index (χ0) is 18.2. The standard InChI is InChI=1S/C21H22N4O2/c26-21(23-11-14-5-6-19-15(9-14)7-8-27-19)16-10-18-20(22-12-16)25(13-24-18)17-3-1-2-4-17/h5-6,9-10,12-13,17H,1-4,7-8,11H2,(H,23,26). The second-order valence-corrected chi connectivity index (χ2v) is 7.38. The molecule has 3 aromatic rings. The van der Waals surface area contributed by atoms with Gasteiger partial charge in [0, 0.05) is 25.2 Å². The van der Waals surface area contributed by atoms with Crippen LogP contribution in [0.2, 0.25) is 0 Å². The van der Waals surface area contributed by atoms with Crippen molar-refractivity contribution < 1.29 is 9.53 Å². The van der Waals surface area contributed by atoms with Crippen molar-refractivity contribution in [2.45, 2.75) is 44.7 Å². The van der Waals surface area contributed by atoms with Crippen LogP contribution in [0.4, 0.5) is 0 Å². The highest BCUT2D eigenvalue weighted by Crippen LogP contribution is 2.31. The van der Waals surface area contributed by atoms with Crippen LogP contribution in [0.3, 0.4) is 0 Å². The minimum Gasteiger partial charge on any atom is -0.493 e. The molecule has 1 saturated carbocycles. The maximum absolute atomic E-state index is 12.5. The van der Waals surface area contributed by atoms with Crippen LogP contribution in [0.15, 0.2) is 36.8 Å². The van der Waals surface area contributed by atoms with Gasteiger partial charge >= 0.3 is 0 Å². The highest BCUT2D eigenvalue weighted by atomic mass is 16.5. The molecular formula is C21H22N4O2. The Labute approximate surface area is 157 Å². The fourth-order valence-corrected chi connectivity index (χ4v) is 4.13. The number of ether oxygens (including phenoxy) is 1. The van der Waals surface area contributed by atoms with E-state index in [9.17, 15) is 4.79 Å². The molecule has 6 heteroatoms. The Morgan fingerprint density at radius 2 is 2.11 bits per heavy atom. The van der Waals surface area contributed by atoms with Gasteiger partial charge in [-0.2, -0.15) is 0 Å². The molecule has 2 aliphatic rings. The third-order valence-corrected chi connectivity index (χ3v) is 5.60. The van der Waals surface area contributed by atoms with Crippen molar-refractivity contribution in [3.8, 4) is 5.75 Å². The van der Waals surface area contributed by atoms with Crippen LogP contribution in [-0.2, 0) is 13.0 Å². The summed E-state index contributed by atoms with van der Waals surface area (Å²) in [7, 11) is 0. The second-order valence-electron chi connectivity index (χ2n) is 7.38. The Morgan fingerprint density at radius 3 is 3.00 bits per heavy atom. The van der Waals surface area contributed by atoms with E-state index in [1.165, 1.54) is 31.2 Å². The summed E-state index contributed by atoms with van der Waals surface area (Å²) in [5.41, 5.74) is 4.49. The smallest absolute Gasteiger partial charge is 0.253 e. The largest absolute Gasteiger partial charge is 0.493 e. The molecule has 1 N–H and O–H groups in total. The zero-order valence-electron chi connectivity index (χ0n) is 15.1. The zero-order valence-corrected chi connectivity index (χ0v) is 15.1. The van der Waals surface area contributed by atoms with Crippen LogP contribution < -0.4 is 10.1 Å². The minimum absolute atomic E-state index is 0.128. The van der Waals surface area contributed by atoms with Gasteiger partial charge in [0.2, 0.25) is 0 Å². The van der Waals surface area contributed by atoms with Crippen molar-refractivity contribution in [2.75, 3.05) is 6.61 Å². The first-order chi connectivity index (χ1) is 13.3. The molecule has 3 heterocycles. The number of imidazole rings is 1. The molecule has 0 unspecified atom stereocenters. The number of carbonyl (C=O) groups excluding carboxylic acids is 1. The molecule has 5 rings (SSSR count). The lowest BCUT2D eigenvalue weighted by molar-refractivity contribution is 0.0950. The number of aromatic nitrogens is 3. The third-order valence-electron chi connectivity index (χ3n) is 5.60. The summed E-state index contributed by atoms with van der Waals surface area (Å²) in [4.78, 5) is 21.6. The normalized spacial score (nSPS) is 16.4. The molecule has 0 atom stereocenters. The molecule has 2 aromatic heterocycles. The Morgan fingerprint density at radius 1 is 1.22 bits per heavy atom. The van der Waals surface area contributed by atoms with Gasteiger partial charge in [0.05, 0.1) is 18.5 Å². The van der Waals surface area contributed by atoms with Crippen LogP contribution in [0, 0.1) is 0 Å². The fraction of sp³-hybridized carbons (Fsp3) is 0.381. The molecule has 0 radical (unpaired) electrons. The number of nitrogens with one attached hydrogen (secondary N) is 1. The first-order valence-electron chi connectivity index (χ1n) is 9.63. The van der Waals surface area contributed by atoms with Crippen molar-refractivity contribution in [3.05, 3.63) is 53.5 Å².